The Morgan fingerprint density at radius 3 is 2.62 bits per heavy atom. The van der Waals surface area contributed by atoms with Crippen LogP contribution in [0.2, 0.25) is 0 Å². The van der Waals surface area contributed by atoms with E-state index in [0.29, 0.717) is 25.6 Å². The molecule has 1 aliphatic carbocycles. The molecule has 164 valence electrons. The van der Waals surface area contributed by atoms with Gasteiger partial charge in [-0.2, -0.15) is 5.10 Å². The lowest BCUT2D eigenvalue weighted by Gasteiger charge is -2.35. The highest BCUT2D eigenvalue weighted by Crippen LogP contribution is 2.40. The third-order valence-corrected chi connectivity index (χ3v) is 6.54. The number of nitrogens with zero attached hydrogens (tertiary/aromatic N) is 8. The Morgan fingerprint density at radius 1 is 1.06 bits per heavy atom. The summed E-state index contributed by atoms with van der Waals surface area (Å²) in [6.07, 6.45) is 4.15. The fourth-order valence-corrected chi connectivity index (χ4v) is 4.67. The van der Waals surface area contributed by atoms with Crippen molar-refractivity contribution in [3.8, 4) is 0 Å². The zero-order valence-electron chi connectivity index (χ0n) is 18.4. The lowest BCUT2D eigenvalue weighted by atomic mass is 10.2. The minimum atomic E-state index is 0.153. The van der Waals surface area contributed by atoms with Crippen LogP contribution in [0, 0.1) is 6.92 Å². The minimum absolute atomic E-state index is 0.153. The van der Waals surface area contributed by atoms with Gasteiger partial charge in [-0.3, -0.25) is 9.48 Å². The van der Waals surface area contributed by atoms with Gasteiger partial charge in [-0.05, 0) is 31.9 Å². The molecule has 9 heteroatoms. The van der Waals surface area contributed by atoms with E-state index in [0.717, 1.165) is 65.5 Å². The highest BCUT2D eigenvalue weighted by Gasteiger charge is 2.31. The van der Waals surface area contributed by atoms with Crippen molar-refractivity contribution < 1.29 is 4.79 Å². The summed E-state index contributed by atoms with van der Waals surface area (Å²) in [4.78, 5) is 31.5. The van der Waals surface area contributed by atoms with Crippen molar-refractivity contribution >= 4 is 33.8 Å². The second-order valence-electron chi connectivity index (χ2n) is 8.79. The van der Waals surface area contributed by atoms with Crippen LogP contribution in [-0.2, 0) is 18.4 Å². The highest BCUT2D eigenvalue weighted by atomic mass is 16.2. The van der Waals surface area contributed by atoms with E-state index in [1.54, 1.807) is 4.68 Å². The summed E-state index contributed by atoms with van der Waals surface area (Å²) < 4.78 is 3.91. The maximum Gasteiger partial charge on any atom is 0.242 e. The number of piperazine rings is 1. The van der Waals surface area contributed by atoms with Crippen LogP contribution < -0.4 is 4.90 Å². The van der Waals surface area contributed by atoms with E-state index in [9.17, 15) is 4.79 Å². The molecule has 1 aromatic carbocycles. The highest BCUT2D eigenvalue weighted by molar-refractivity contribution is 5.87. The normalized spacial score (nSPS) is 16.9. The number of fused-ring (bicyclic) bond motifs is 2. The van der Waals surface area contributed by atoms with E-state index < -0.39 is 0 Å². The third-order valence-electron chi connectivity index (χ3n) is 6.54. The molecule has 0 N–H and O–H groups in total. The number of carbonyl (C=O) groups is 1. The molecular weight excluding hydrogens is 404 g/mol. The number of benzene rings is 1. The number of hydrogen-bond acceptors (Lipinski definition) is 6. The van der Waals surface area contributed by atoms with Crippen molar-refractivity contribution in [2.24, 2.45) is 7.05 Å². The first kappa shape index (κ1) is 19.2. The first-order valence-corrected chi connectivity index (χ1v) is 11.2. The predicted molar refractivity (Wildman–Crippen MR) is 122 cm³/mol. The topological polar surface area (TPSA) is 85.0 Å². The van der Waals surface area contributed by atoms with Gasteiger partial charge in [0.25, 0.3) is 0 Å². The standard InChI is InChI=1S/C23H26N8O/c1-15-25-22-17(13-24-28(22)2)23(26-15)30-11-9-29(10-12-30)20(32)14-31-19-6-4-3-5-18(19)27-21(31)16-7-8-16/h3-6,13,16H,7-12,14H2,1-2H3. The summed E-state index contributed by atoms with van der Waals surface area (Å²) in [5.41, 5.74) is 2.87. The van der Waals surface area contributed by atoms with Crippen molar-refractivity contribution in [2.75, 3.05) is 31.1 Å². The molecule has 9 nitrogen and oxygen atoms in total. The molecule has 0 spiro atoms. The molecular formula is C23H26N8O. The molecule has 2 aliphatic rings. The van der Waals surface area contributed by atoms with Gasteiger partial charge in [0, 0.05) is 39.1 Å². The lowest BCUT2D eigenvalue weighted by Crippen LogP contribution is -2.50. The SMILES string of the molecule is Cc1nc(N2CCN(C(=O)Cn3c(C4CC4)nc4ccccc43)CC2)c2cnn(C)c2n1. The van der Waals surface area contributed by atoms with Crippen LogP contribution in [0.4, 0.5) is 5.82 Å². The lowest BCUT2D eigenvalue weighted by molar-refractivity contribution is -0.132. The number of aromatic nitrogens is 6. The van der Waals surface area contributed by atoms with Crippen LogP contribution in [0.15, 0.2) is 30.5 Å². The Kier molecular flexibility index (Phi) is 4.38. The van der Waals surface area contributed by atoms with Gasteiger partial charge in [0.2, 0.25) is 5.91 Å². The molecule has 0 unspecified atom stereocenters. The van der Waals surface area contributed by atoms with Crippen molar-refractivity contribution in [1.29, 1.82) is 0 Å². The van der Waals surface area contributed by atoms with Crippen LogP contribution in [0.5, 0.6) is 0 Å². The fraction of sp³-hybridized carbons (Fsp3) is 0.435. The average Bonchev–Trinajstić information content (AvgIpc) is 3.50. The maximum absolute atomic E-state index is 13.2. The molecule has 0 radical (unpaired) electrons. The molecule has 4 heterocycles. The quantitative estimate of drug-likeness (QED) is 0.494. The number of rotatable bonds is 4. The summed E-state index contributed by atoms with van der Waals surface area (Å²) >= 11 is 0. The number of carbonyl (C=O) groups excluding carboxylic acids is 1. The van der Waals surface area contributed by atoms with E-state index in [2.05, 4.69) is 30.6 Å². The van der Waals surface area contributed by atoms with Crippen molar-refractivity contribution in [1.82, 2.24) is 34.2 Å². The van der Waals surface area contributed by atoms with E-state index in [1.807, 2.05) is 43.3 Å². The van der Waals surface area contributed by atoms with E-state index >= 15 is 0 Å². The van der Waals surface area contributed by atoms with Gasteiger partial charge in [-0.15, -0.1) is 0 Å². The van der Waals surface area contributed by atoms with Crippen LogP contribution in [0.1, 0.15) is 30.4 Å². The second kappa shape index (κ2) is 7.29. The van der Waals surface area contributed by atoms with Gasteiger partial charge in [-0.1, -0.05) is 12.1 Å². The molecule has 1 amide bonds. The molecule has 1 saturated carbocycles. The Bertz CT molecular complexity index is 1330. The molecule has 1 saturated heterocycles. The number of hydrogen-bond donors (Lipinski definition) is 0. The molecule has 0 atom stereocenters. The van der Waals surface area contributed by atoms with Crippen LogP contribution >= 0.6 is 0 Å². The van der Waals surface area contributed by atoms with Crippen LogP contribution in [0.25, 0.3) is 22.1 Å². The van der Waals surface area contributed by atoms with Crippen molar-refractivity contribution in [3.63, 3.8) is 0 Å². The van der Waals surface area contributed by atoms with Gasteiger partial charge < -0.3 is 14.4 Å². The first-order valence-electron chi connectivity index (χ1n) is 11.2. The zero-order chi connectivity index (χ0) is 21.8. The monoisotopic (exact) mass is 430 g/mol. The third kappa shape index (κ3) is 3.19. The smallest absolute Gasteiger partial charge is 0.242 e. The summed E-state index contributed by atoms with van der Waals surface area (Å²) in [5.74, 6) is 3.35. The molecule has 6 rings (SSSR count). The number of para-hydroxylation sites is 2. The zero-order valence-corrected chi connectivity index (χ0v) is 18.4. The van der Waals surface area contributed by atoms with E-state index in [4.69, 9.17) is 4.98 Å². The fourth-order valence-electron chi connectivity index (χ4n) is 4.67. The number of amides is 1. The Hall–Kier alpha value is -3.49. The molecule has 2 fully saturated rings. The van der Waals surface area contributed by atoms with Gasteiger partial charge >= 0.3 is 0 Å². The van der Waals surface area contributed by atoms with E-state index in [-0.39, 0.29) is 5.91 Å². The van der Waals surface area contributed by atoms with Gasteiger partial charge in [0.05, 0.1) is 22.6 Å². The number of imidazole rings is 1. The Morgan fingerprint density at radius 2 is 1.84 bits per heavy atom. The molecule has 1 aliphatic heterocycles. The predicted octanol–water partition coefficient (Wildman–Crippen LogP) is 2.25. The number of anilines is 1. The summed E-state index contributed by atoms with van der Waals surface area (Å²) in [6.45, 7) is 5.09. The van der Waals surface area contributed by atoms with Gasteiger partial charge in [0.1, 0.15) is 24.0 Å². The van der Waals surface area contributed by atoms with Gasteiger partial charge in [-0.25, -0.2) is 15.0 Å². The summed E-state index contributed by atoms with van der Waals surface area (Å²) in [7, 11) is 1.89. The van der Waals surface area contributed by atoms with Gasteiger partial charge in [0.15, 0.2) is 5.65 Å². The van der Waals surface area contributed by atoms with Crippen LogP contribution in [0.3, 0.4) is 0 Å². The second-order valence-corrected chi connectivity index (χ2v) is 8.79. The molecule has 32 heavy (non-hydrogen) atoms. The van der Waals surface area contributed by atoms with Crippen molar-refractivity contribution in [3.05, 3.63) is 42.1 Å². The average molecular weight is 431 g/mol. The van der Waals surface area contributed by atoms with E-state index in [1.165, 1.54) is 0 Å². The number of aryl methyl sites for hydroxylation is 2. The molecule has 3 aromatic heterocycles. The summed E-state index contributed by atoms with van der Waals surface area (Å²) in [6, 6.07) is 8.12. The minimum Gasteiger partial charge on any atom is -0.352 e. The Balaban J connectivity index is 1.20. The largest absolute Gasteiger partial charge is 0.352 e. The molecule has 4 aromatic rings. The van der Waals surface area contributed by atoms with Crippen LogP contribution in [-0.4, -0.2) is 66.3 Å². The Labute approximate surface area is 185 Å². The first-order chi connectivity index (χ1) is 15.6. The molecule has 0 bridgehead atoms. The summed E-state index contributed by atoms with van der Waals surface area (Å²) in [5, 5.41) is 5.30. The van der Waals surface area contributed by atoms with Crippen molar-refractivity contribution in [2.45, 2.75) is 32.2 Å². The maximum atomic E-state index is 13.2.